The third-order valence-corrected chi connectivity index (χ3v) is 7.56. The Kier molecular flexibility index (Phi) is 7.67. The monoisotopic (exact) mass is 546 g/mol. The van der Waals surface area contributed by atoms with E-state index >= 15 is 0 Å². The summed E-state index contributed by atoms with van der Waals surface area (Å²) in [5.41, 5.74) is 2.41. The summed E-state index contributed by atoms with van der Waals surface area (Å²) in [6.07, 6.45) is 0.552. The zero-order valence-electron chi connectivity index (χ0n) is 20.4. The lowest BCUT2D eigenvalue weighted by molar-refractivity contribution is -0.0155. The zero-order chi connectivity index (χ0) is 25.0. The van der Waals surface area contributed by atoms with Crippen LogP contribution in [0.5, 0.6) is 5.88 Å². The highest BCUT2D eigenvalue weighted by Crippen LogP contribution is 2.47. The minimum absolute atomic E-state index is 0.395. The number of fused-ring (bicyclic) bond motifs is 1. The van der Waals surface area contributed by atoms with Gasteiger partial charge in [0.05, 0.1) is 25.8 Å². The number of ether oxygens (including phenoxy) is 2. The summed E-state index contributed by atoms with van der Waals surface area (Å²) in [7, 11) is 1.65. The predicted octanol–water partition coefficient (Wildman–Crippen LogP) is 5.75. The number of nitrogens with zero attached hydrogens (tertiary/aromatic N) is 2. The molecular weight excluding hydrogens is 516 g/mol. The molecule has 0 radical (unpaired) electrons. The number of hydrogen-bond acceptors (Lipinski definition) is 5. The van der Waals surface area contributed by atoms with Crippen LogP contribution in [0.2, 0.25) is 0 Å². The molecule has 5 rings (SSSR count). The number of pyridine rings is 1. The molecule has 6 heteroatoms. The molecule has 0 saturated carbocycles. The van der Waals surface area contributed by atoms with Crippen LogP contribution in [0.1, 0.15) is 29.0 Å². The van der Waals surface area contributed by atoms with E-state index < -0.39 is 11.5 Å². The maximum absolute atomic E-state index is 12.8. The number of aromatic nitrogens is 1. The van der Waals surface area contributed by atoms with E-state index in [0.717, 1.165) is 64.9 Å². The highest BCUT2D eigenvalue weighted by atomic mass is 79.9. The molecule has 1 N–H and O–H groups in total. The quantitative estimate of drug-likeness (QED) is 0.305. The first-order valence-corrected chi connectivity index (χ1v) is 13.1. The summed E-state index contributed by atoms with van der Waals surface area (Å²) < 4.78 is 12.4. The average Bonchev–Trinajstić information content (AvgIpc) is 2.93. The molecule has 0 spiro atoms. The van der Waals surface area contributed by atoms with Crippen molar-refractivity contribution in [2.24, 2.45) is 0 Å². The Bertz CT molecular complexity index is 1300. The summed E-state index contributed by atoms with van der Waals surface area (Å²) in [6, 6.07) is 28.3. The van der Waals surface area contributed by atoms with Gasteiger partial charge in [-0.25, -0.2) is 4.98 Å². The minimum atomic E-state index is -1.20. The topological polar surface area (TPSA) is 54.8 Å². The Balaban J connectivity index is 1.69. The van der Waals surface area contributed by atoms with Crippen molar-refractivity contribution in [1.82, 2.24) is 9.88 Å². The van der Waals surface area contributed by atoms with Gasteiger partial charge in [0, 0.05) is 41.0 Å². The molecule has 0 amide bonds. The van der Waals surface area contributed by atoms with Crippen LogP contribution in [0.15, 0.2) is 89.4 Å². The second-order valence-electron chi connectivity index (χ2n) is 9.26. The molecule has 4 aromatic rings. The van der Waals surface area contributed by atoms with E-state index in [4.69, 9.17) is 14.5 Å². The fourth-order valence-electron chi connectivity index (χ4n) is 5.21. The normalized spacial score (nSPS) is 17.0. The molecule has 36 heavy (non-hydrogen) atoms. The summed E-state index contributed by atoms with van der Waals surface area (Å²) >= 11 is 3.60. The van der Waals surface area contributed by atoms with Crippen molar-refractivity contribution < 1.29 is 14.6 Å². The smallest absolute Gasteiger partial charge is 0.217 e. The van der Waals surface area contributed by atoms with Crippen LogP contribution >= 0.6 is 15.9 Å². The van der Waals surface area contributed by atoms with Crippen molar-refractivity contribution in [1.29, 1.82) is 0 Å². The molecule has 1 saturated heterocycles. The van der Waals surface area contributed by atoms with Gasteiger partial charge in [0.2, 0.25) is 5.88 Å². The second-order valence-corrected chi connectivity index (χ2v) is 10.2. The van der Waals surface area contributed by atoms with Crippen molar-refractivity contribution in [2.45, 2.75) is 17.9 Å². The molecule has 5 nitrogen and oxygen atoms in total. The number of methoxy groups -OCH3 is 1. The number of benzene rings is 3. The molecule has 0 bridgehead atoms. The zero-order valence-corrected chi connectivity index (χ0v) is 22.0. The molecule has 186 valence electrons. The Labute approximate surface area is 220 Å². The van der Waals surface area contributed by atoms with Crippen LogP contribution in [-0.2, 0) is 10.3 Å². The van der Waals surface area contributed by atoms with Gasteiger partial charge in [0.1, 0.15) is 5.60 Å². The fraction of sp³-hybridized carbons (Fsp3) is 0.300. The molecular formula is C30H31BrN2O3. The van der Waals surface area contributed by atoms with Gasteiger partial charge in [-0.3, -0.25) is 4.90 Å². The molecule has 3 aromatic carbocycles. The SMILES string of the molecule is COc1nc2ccc(Br)cc2cc1C(c1ccccc1)C(O)(CCN1CCOCC1)c1ccccc1. The van der Waals surface area contributed by atoms with E-state index in [1.807, 2.05) is 60.7 Å². The summed E-state index contributed by atoms with van der Waals surface area (Å²) in [6.45, 7) is 3.95. The van der Waals surface area contributed by atoms with Gasteiger partial charge in [-0.1, -0.05) is 76.6 Å². The van der Waals surface area contributed by atoms with E-state index in [-0.39, 0.29) is 0 Å². The van der Waals surface area contributed by atoms with E-state index in [0.29, 0.717) is 12.3 Å². The second kappa shape index (κ2) is 11.1. The lowest BCUT2D eigenvalue weighted by Gasteiger charge is -2.40. The first-order chi connectivity index (χ1) is 17.6. The van der Waals surface area contributed by atoms with Crippen molar-refractivity contribution in [3.63, 3.8) is 0 Å². The van der Waals surface area contributed by atoms with Gasteiger partial charge in [-0.15, -0.1) is 0 Å². The van der Waals surface area contributed by atoms with Gasteiger partial charge < -0.3 is 14.6 Å². The number of rotatable bonds is 8. The molecule has 2 heterocycles. The average molecular weight is 547 g/mol. The molecule has 2 unspecified atom stereocenters. The van der Waals surface area contributed by atoms with Gasteiger partial charge in [-0.05, 0) is 41.8 Å². The molecule has 1 aromatic heterocycles. The Morgan fingerprint density at radius 2 is 1.69 bits per heavy atom. The van der Waals surface area contributed by atoms with Crippen LogP contribution < -0.4 is 4.74 Å². The minimum Gasteiger partial charge on any atom is -0.481 e. The van der Waals surface area contributed by atoms with Crippen LogP contribution in [0, 0.1) is 0 Å². The van der Waals surface area contributed by atoms with Crippen molar-refractivity contribution in [2.75, 3.05) is 40.0 Å². The number of halogens is 1. The summed E-state index contributed by atoms with van der Waals surface area (Å²) in [4.78, 5) is 7.22. The maximum atomic E-state index is 12.8. The maximum Gasteiger partial charge on any atom is 0.217 e. The van der Waals surface area contributed by atoms with Gasteiger partial charge in [0.25, 0.3) is 0 Å². The van der Waals surface area contributed by atoms with Crippen molar-refractivity contribution in [3.05, 3.63) is 106 Å². The number of morpholine rings is 1. The molecule has 2 atom stereocenters. The van der Waals surface area contributed by atoms with E-state index in [1.165, 1.54) is 0 Å². The van der Waals surface area contributed by atoms with Crippen molar-refractivity contribution in [3.8, 4) is 5.88 Å². The Morgan fingerprint density at radius 1 is 1.00 bits per heavy atom. The summed E-state index contributed by atoms with van der Waals surface area (Å²) in [5.74, 6) is 0.132. The summed E-state index contributed by atoms with van der Waals surface area (Å²) in [5, 5.41) is 13.8. The highest BCUT2D eigenvalue weighted by Gasteiger charge is 2.42. The standard InChI is InChI=1S/C30H31BrN2O3/c1-35-29-26(21-23-20-25(31)12-13-27(23)32-29)28(22-8-4-2-5-9-22)30(34,24-10-6-3-7-11-24)14-15-33-16-18-36-19-17-33/h2-13,20-21,28,34H,14-19H2,1H3. The van der Waals surface area contributed by atoms with E-state index in [2.05, 4.69) is 45.1 Å². The molecule has 1 aliphatic rings. The Hall–Kier alpha value is -2.77. The van der Waals surface area contributed by atoms with Crippen molar-refractivity contribution >= 4 is 26.8 Å². The predicted molar refractivity (Wildman–Crippen MR) is 146 cm³/mol. The van der Waals surface area contributed by atoms with Gasteiger partial charge in [0.15, 0.2) is 0 Å². The third-order valence-electron chi connectivity index (χ3n) is 7.07. The highest BCUT2D eigenvalue weighted by molar-refractivity contribution is 9.10. The lowest BCUT2D eigenvalue weighted by atomic mass is 9.71. The molecule has 1 fully saturated rings. The Morgan fingerprint density at radius 3 is 2.39 bits per heavy atom. The fourth-order valence-corrected chi connectivity index (χ4v) is 5.59. The first-order valence-electron chi connectivity index (χ1n) is 12.4. The van der Waals surface area contributed by atoms with E-state index in [9.17, 15) is 5.11 Å². The largest absolute Gasteiger partial charge is 0.481 e. The third kappa shape index (κ3) is 5.18. The van der Waals surface area contributed by atoms with Crippen LogP contribution in [0.3, 0.4) is 0 Å². The molecule has 0 aliphatic carbocycles. The number of hydrogen-bond donors (Lipinski definition) is 1. The van der Waals surface area contributed by atoms with Gasteiger partial charge in [-0.2, -0.15) is 0 Å². The molecule has 1 aliphatic heterocycles. The van der Waals surface area contributed by atoms with Crippen LogP contribution in [0.25, 0.3) is 10.9 Å². The van der Waals surface area contributed by atoms with Gasteiger partial charge >= 0.3 is 0 Å². The van der Waals surface area contributed by atoms with E-state index in [1.54, 1.807) is 7.11 Å². The lowest BCUT2D eigenvalue weighted by Crippen LogP contribution is -2.42. The van der Waals surface area contributed by atoms with Crippen LogP contribution in [0.4, 0.5) is 0 Å². The number of aliphatic hydroxyl groups is 1. The first kappa shape index (κ1) is 24.9. The van der Waals surface area contributed by atoms with Crippen LogP contribution in [-0.4, -0.2) is 54.9 Å².